The monoisotopic (exact) mass is 529 g/mol. The summed E-state index contributed by atoms with van der Waals surface area (Å²) in [5.74, 6) is 0.572. The van der Waals surface area contributed by atoms with E-state index in [1.165, 1.54) is 4.90 Å². The Bertz CT molecular complexity index is 1330. The smallest absolute Gasteiger partial charge is 0.295 e. The number of methoxy groups -OCH3 is 1. The summed E-state index contributed by atoms with van der Waals surface area (Å²) in [6.45, 7) is 7.31. The molecule has 0 aliphatic carbocycles. The van der Waals surface area contributed by atoms with Crippen molar-refractivity contribution in [2.75, 3.05) is 20.3 Å². The minimum absolute atomic E-state index is 0.0250. The van der Waals surface area contributed by atoms with Crippen LogP contribution < -0.4 is 14.2 Å². The molecular formula is C32H35NO6. The van der Waals surface area contributed by atoms with Crippen molar-refractivity contribution in [1.29, 1.82) is 0 Å². The summed E-state index contributed by atoms with van der Waals surface area (Å²) in [6.07, 6.45) is 0.895. The van der Waals surface area contributed by atoms with Gasteiger partial charge in [-0.2, -0.15) is 0 Å². The third-order valence-corrected chi connectivity index (χ3v) is 6.64. The van der Waals surface area contributed by atoms with Crippen molar-refractivity contribution in [3.63, 3.8) is 0 Å². The van der Waals surface area contributed by atoms with Crippen molar-refractivity contribution in [2.45, 2.75) is 39.8 Å². The van der Waals surface area contributed by atoms with Crippen LogP contribution in [0.15, 0.2) is 78.4 Å². The van der Waals surface area contributed by atoms with Gasteiger partial charge in [-0.1, -0.05) is 50.2 Å². The Morgan fingerprint density at radius 3 is 2.31 bits per heavy atom. The molecule has 7 nitrogen and oxygen atoms in total. The van der Waals surface area contributed by atoms with E-state index >= 15 is 0 Å². The molecular weight excluding hydrogens is 494 g/mol. The largest absolute Gasteiger partial charge is 0.507 e. The Labute approximate surface area is 229 Å². The van der Waals surface area contributed by atoms with Crippen molar-refractivity contribution in [3.05, 3.63) is 95.1 Å². The van der Waals surface area contributed by atoms with Crippen LogP contribution in [0.25, 0.3) is 5.76 Å². The van der Waals surface area contributed by atoms with Gasteiger partial charge in [0.25, 0.3) is 11.7 Å². The van der Waals surface area contributed by atoms with E-state index in [0.717, 1.165) is 12.0 Å². The highest BCUT2D eigenvalue weighted by Crippen LogP contribution is 2.43. The third kappa shape index (κ3) is 6.25. The van der Waals surface area contributed by atoms with Crippen molar-refractivity contribution in [3.8, 4) is 17.2 Å². The van der Waals surface area contributed by atoms with Gasteiger partial charge in [0.15, 0.2) is 11.5 Å². The fourth-order valence-electron chi connectivity index (χ4n) is 4.56. The van der Waals surface area contributed by atoms with E-state index in [4.69, 9.17) is 14.2 Å². The Kier molecular flexibility index (Phi) is 8.92. The lowest BCUT2D eigenvalue weighted by molar-refractivity contribution is -0.140. The van der Waals surface area contributed by atoms with Gasteiger partial charge < -0.3 is 24.2 Å². The quantitative estimate of drug-likeness (QED) is 0.182. The molecule has 1 aliphatic rings. The fraction of sp³-hybridized carbons (Fsp3) is 0.312. The molecule has 4 rings (SSSR count). The predicted molar refractivity (Wildman–Crippen MR) is 150 cm³/mol. The molecule has 0 bridgehead atoms. The van der Waals surface area contributed by atoms with Gasteiger partial charge in [-0.05, 0) is 66.8 Å². The second-order valence-electron chi connectivity index (χ2n) is 9.81. The molecule has 1 fully saturated rings. The van der Waals surface area contributed by atoms with Crippen LogP contribution in [-0.4, -0.2) is 42.0 Å². The SMILES string of the molecule is CCOc1cc(C2C(=C(O)c3ccc(OC)cc3)C(=O)C(=O)N2Cc2ccccc2)ccc1OCCC(C)C. The number of nitrogens with zero attached hydrogens (tertiary/aromatic N) is 1. The molecule has 0 spiro atoms. The number of hydrogen-bond donors (Lipinski definition) is 1. The second-order valence-corrected chi connectivity index (χ2v) is 9.81. The summed E-state index contributed by atoms with van der Waals surface area (Å²) in [4.78, 5) is 28.3. The van der Waals surface area contributed by atoms with E-state index in [-0.39, 0.29) is 17.9 Å². The molecule has 1 N–H and O–H groups in total. The highest BCUT2D eigenvalue weighted by molar-refractivity contribution is 6.46. The first-order chi connectivity index (χ1) is 18.8. The van der Waals surface area contributed by atoms with Crippen LogP contribution in [0.5, 0.6) is 17.2 Å². The maximum absolute atomic E-state index is 13.4. The highest BCUT2D eigenvalue weighted by Gasteiger charge is 2.46. The molecule has 3 aromatic rings. The van der Waals surface area contributed by atoms with Crippen LogP contribution >= 0.6 is 0 Å². The Morgan fingerprint density at radius 1 is 0.949 bits per heavy atom. The first kappa shape index (κ1) is 27.8. The zero-order valence-electron chi connectivity index (χ0n) is 22.8. The molecule has 0 aromatic heterocycles. The Hall–Kier alpha value is -4.26. The lowest BCUT2D eigenvalue weighted by Gasteiger charge is -2.26. The summed E-state index contributed by atoms with van der Waals surface area (Å²) in [5.41, 5.74) is 1.95. The zero-order chi connectivity index (χ0) is 27.9. The van der Waals surface area contributed by atoms with Crippen LogP contribution in [0.2, 0.25) is 0 Å². The van der Waals surface area contributed by atoms with Gasteiger partial charge >= 0.3 is 0 Å². The summed E-state index contributed by atoms with van der Waals surface area (Å²) in [6, 6.07) is 20.8. The molecule has 1 unspecified atom stereocenters. The number of amides is 1. The van der Waals surface area contributed by atoms with Gasteiger partial charge in [0.05, 0.1) is 31.9 Å². The second kappa shape index (κ2) is 12.5. The van der Waals surface area contributed by atoms with Crippen LogP contribution in [0.4, 0.5) is 0 Å². The van der Waals surface area contributed by atoms with Gasteiger partial charge in [-0.25, -0.2) is 0 Å². The van der Waals surface area contributed by atoms with Gasteiger partial charge in [0.2, 0.25) is 0 Å². The van der Waals surface area contributed by atoms with E-state index < -0.39 is 17.7 Å². The van der Waals surface area contributed by atoms with E-state index in [2.05, 4.69) is 13.8 Å². The zero-order valence-corrected chi connectivity index (χ0v) is 22.8. The summed E-state index contributed by atoms with van der Waals surface area (Å²) < 4.78 is 17.1. The molecule has 1 saturated heterocycles. The minimum atomic E-state index is -0.823. The number of carbonyl (C=O) groups is 2. The number of hydrogen-bond acceptors (Lipinski definition) is 6. The number of aliphatic hydroxyl groups is 1. The summed E-state index contributed by atoms with van der Waals surface area (Å²) in [5, 5.41) is 11.4. The average Bonchev–Trinajstić information content (AvgIpc) is 3.19. The van der Waals surface area contributed by atoms with Crippen LogP contribution in [0.1, 0.15) is 49.9 Å². The van der Waals surface area contributed by atoms with E-state index in [1.807, 2.05) is 43.3 Å². The first-order valence-electron chi connectivity index (χ1n) is 13.2. The molecule has 1 amide bonds. The summed E-state index contributed by atoms with van der Waals surface area (Å²) in [7, 11) is 1.55. The number of benzene rings is 3. The fourth-order valence-corrected chi connectivity index (χ4v) is 4.56. The van der Waals surface area contributed by atoms with Crippen molar-refractivity contribution in [1.82, 2.24) is 4.90 Å². The molecule has 204 valence electrons. The number of ether oxygens (including phenoxy) is 3. The lowest BCUT2D eigenvalue weighted by atomic mass is 9.94. The molecule has 0 saturated carbocycles. The molecule has 1 heterocycles. The molecule has 39 heavy (non-hydrogen) atoms. The van der Waals surface area contributed by atoms with Crippen molar-refractivity contribution >= 4 is 17.4 Å². The predicted octanol–water partition coefficient (Wildman–Crippen LogP) is 6.14. The van der Waals surface area contributed by atoms with Gasteiger partial charge in [-0.3, -0.25) is 9.59 Å². The summed E-state index contributed by atoms with van der Waals surface area (Å²) >= 11 is 0. The Balaban J connectivity index is 1.81. The number of carbonyl (C=O) groups excluding carboxylic acids is 2. The molecule has 1 atom stereocenters. The number of ketones is 1. The maximum atomic E-state index is 13.4. The Morgan fingerprint density at radius 2 is 1.67 bits per heavy atom. The van der Waals surface area contributed by atoms with Gasteiger partial charge in [0.1, 0.15) is 11.5 Å². The van der Waals surface area contributed by atoms with E-state index in [9.17, 15) is 14.7 Å². The minimum Gasteiger partial charge on any atom is -0.507 e. The normalized spacial score (nSPS) is 16.5. The maximum Gasteiger partial charge on any atom is 0.295 e. The highest BCUT2D eigenvalue weighted by atomic mass is 16.5. The van der Waals surface area contributed by atoms with Crippen LogP contribution in [-0.2, 0) is 16.1 Å². The van der Waals surface area contributed by atoms with Gasteiger partial charge in [0, 0.05) is 12.1 Å². The molecule has 3 aromatic carbocycles. The molecule has 7 heteroatoms. The van der Waals surface area contributed by atoms with Crippen LogP contribution in [0.3, 0.4) is 0 Å². The molecule has 1 aliphatic heterocycles. The average molecular weight is 530 g/mol. The third-order valence-electron chi connectivity index (χ3n) is 6.64. The van der Waals surface area contributed by atoms with Crippen molar-refractivity contribution in [2.24, 2.45) is 5.92 Å². The van der Waals surface area contributed by atoms with Gasteiger partial charge in [-0.15, -0.1) is 0 Å². The number of Topliss-reactive ketones (excluding diaryl/α,β-unsaturated/α-hetero) is 1. The van der Waals surface area contributed by atoms with E-state index in [1.54, 1.807) is 43.5 Å². The topological polar surface area (TPSA) is 85.3 Å². The number of rotatable bonds is 11. The number of aliphatic hydroxyl groups excluding tert-OH is 1. The molecule has 0 radical (unpaired) electrons. The standard InChI is InChI=1S/C32H35NO6/c1-5-38-27-19-24(13-16-26(27)39-18-17-21(2)3)29-28(30(34)23-11-14-25(37-4)15-12-23)31(35)32(36)33(29)20-22-9-7-6-8-10-22/h6-16,19,21,29,34H,5,17-18,20H2,1-4H3. The number of likely N-dealkylation sites (tertiary alicyclic amines) is 1. The first-order valence-corrected chi connectivity index (χ1v) is 13.2. The van der Waals surface area contributed by atoms with Crippen LogP contribution in [0, 0.1) is 5.92 Å². The van der Waals surface area contributed by atoms with E-state index in [0.29, 0.717) is 47.5 Å². The lowest BCUT2D eigenvalue weighted by Crippen LogP contribution is -2.29. The van der Waals surface area contributed by atoms with Crippen molar-refractivity contribution < 1.29 is 28.9 Å².